The Morgan fingerprint density at radius 1 is 0.920 bits per heavy atom. The lowest BCUT2D eigenvalue weighted by molar-refractivity contribution is 0.0601. The number of nitrogens with one attached hydrogen (secondary N) is 1. The van der Waals surface area contributed by atoms with Crippen molar-refractivity contribution in [2.75, 3.05) is 26.6 Å². The highest BCUT2D eigenvalue weighted by Crippen LogP contribution is 2.34. The molecule has 0 aromatic heterocycles. The monoisotopic (exact) mass is 383 g/mol. The van der Waals surface area contributed by atoms with Gasteiger partial charge in [-0.25, -0.2) is 4.79 Å². The topological polar surface area (TPSA) is 73.9 Å². The Morgan fingerprint density at radius 3 is 2.12 bits per heavy atom. The fraction of sp³-hybridized carbons (Fsp3) is 0.176. The Morgan fingerprint density at radius 2 is 1.56 bits per heavy atom. The van der Waals surface area contributed by atoms with Crippen LogP contribution in [-0.2, 0) is 4.74 Å². The fourth-order valence-electron chi connectivity index (χ4n) is 2.09. The summed E-state index contributed by atoms with van der Waals surface area (Å²) < 4.78 is 15.1. The average Bonchev–Trinajstić information content (AvgIpc) is 2.62. The number of amides is 1. The van der Waals surface area contributed by atoms with Crippen LogP contribution in [0.3, 0.4) is 0 Å². The summed E-state index contributed by atoms with van der Waals surface area (Å²) in [6, 6.07) is 7.35. The third kappa shape index (κ3) is 4.15. The molecule has 0 atom stereocenters. The van der Waals surface area contributed by atoms with Crippen LogP contribution in [0.25, 0.3) is 0 Å². The number of anilines is 1. The summed E-state index contributed by atoms with van der Waals surface area (Å²) in [6.45, 7) is 0. The van der Waals surface area contributed by atoms with Crippen molar-refractivity contribution in [3.8, 4) is 11.5 Å². The van der Waals surface area contributed by atoms with Crippen molar-refractivity contribution in [2.45, 2.75) is 0 Å². The maximum absolute atomic E-state index is 12.5. The number of carbonyl (C=O) groups is 2. The molecule has 0 saturated heterocycles. The van der Waals surface area contributed by atoms with E-state index in [1.54, 1.807) is 0 Å². The third-order valence-electron chi connectivity index (χ3n) is 3.36. The van der Waals surface area contributed by atoms with Gasteiger partial charge in [-0.2, -0.15) is 0 Å². The second-order valence-electron chi connectivity index (χ2n) is 4.83. The Bertz CT molecular complexity index is 823. The van der Waals surface area contributed by atoms with E-state index in [1.807, 2.05) is 0 Å². The van der Waals surface area contributed by atoms with Crippen molar-refractivity contribution in [1.82, 2.24) is 0 Å². The number of halogens is 2. The van der Waals surface area contributed by atoms with Gasteiger partial charge < -0.3 is 19.5 Å². The summed E-state index contributed by atoms with van der Waals surface area (Å²) in [5, 5.41) is 3.22. The minimum Gasteiger partial charge on any atom is -0.493 e. The molecule has 8 heteroatoms. The molecule has 0 aliphatic carbocycles. The number of rotatable bonds is 5. The van der Waals surface area contributed by atoms with Gasteiger partial charge in [0.05, 0.1) is 42.6 Å². The van der Waals surface area contributed by atoms with Gasteiger partial charge in [0.25, 0.3) is 5.91 Å². The Hall–Kier alpha value is -2.44. The van der Waals surface area contributed by atoms with Crippen molar-refractivity contribution in [1.29, 1.82) is 0 Å². The lowest BCUT2D eigenvalue weighted by Crippen LogP contribution is -2.16. The van der Waals surface area contributed by atoms with Gasteiger partial charge in [-0.05, 0) is 18.2 Å². The van der Waals surface area contributed by atoms with Crippen molar-refractivity contribution in [2.24, 2.45) is 0 Å². The molecule has 0 heterocycles. The molecular formula is C17H15Cl2NO5. The molecule has 2 rings (SSSR count). The van der Waals surface area contributed by atoms with Crippen LogP contribution in [0.4, 0.5) is 5.69 Å². The van der Waals surface area contributed by atoms with E-state index in [9.17, 15) is 9.59 Å². The first-order valence-corrected chi connectivity index (χ1v) is 7.77. The van der Waals surface area contributed by atoms with E-state index < -0.39 is 11.9 Å². The summed E-state index contributed by atoms with van der Waals surface area (Å²) in [5.74, 6) is -0.434. The number of esters is 1. The van der Waals surface area contributed by atoms with Crippen molar-refractivity contribution < 1.29 is 23.8 Å². The first-order chi connectivity index (χ1) is 11.9. The Balaban J connectivity index is 2.44. The molecule has 0 aliphatic rings. The number of hydrogen-bond donors (Lipinski definition) is 1. The van der Waals surface area contributed by atoms with Gasteiger partial charge in [0, 0.05) is 17.7 Å². The van der Waals surface area contributed by atoms with E-state index in [0.29, 0.717) is 16.5 Å². The van der Waals surface area contributed by atoms with E-state index in [0.717, 1.165) is 0 Å². The van der Waals surface area contributed by atoms with Crippen molar-refractivity contribution in [3.05, 3.63) is 51.5 Å². The van der Waals surface area contributed by atoms with E-state index in [4.69, 9.17) is 37.4 Å². The molecule has 0 bridgehead atoms. The second-order valence-corrected chi connectivity index (χ2v) is 5.64. The summed E-state index contributed by atoms with van der Waals surface area (Å²) in [6.07, 6.45) is 0. The smallest absolute Gasteiger partial charge is 0.340 e. The molecule has 1 N–H and O–H groups in total. The largest absolute Gasteiger partial charge is 0.493 e. The highest BCUT2D eigenvalue weighted by molar-refractivity contribution is 6.42. The molecule has 25 heavy (non-hydrogen) atoms. The van der Waals surface area contributed by atoms with Gasteiger partial charge in [0.2, 0.25) is 0 Å². The highest BCUT2D eigenvalue weighted by atomic mass is 35.5. The van der Waals surface area contributed by atoms with E-state index in [1.165, 1.54) is 51.7 Å². The Kier molecular flexibility index (Phi) is 6.12. The zero-order valence-electron chi connectivity index (χ0n) is 13.7. The van der Waals surface area contributed by atoms with Gasteiger partial charge in [-0.15, -0.1) is 0 Å². The number of carbonyl (C=O) groups excluding carboxylic acids is 2. The first kappa shape index (κ1) is 18.9. The number of methoxy groups -OCH3 is 3. The predicted octanol–water partition coefficient (Wildman–Crippen LogP) is 4.05. The van der Waals surface area contributed by atoms with Crippen molar-refractivity contribution in [3.63, 3.8) is 0 Å². The molecule has 2 aromatic rings. The summed E-state index contributed by atoms with van der Waals surface area (Å²) in [7, 11) is 4.12. The molecule has 0 saturated carbocycles. The first-order valence-electron chi connectivity index (χ1n) is 7.02. The normalized spacial score (nSPS) is 10.1. The lowest BCUT2D eigenvalue weighted by atomic mass is 10.1. The zero-order chi connectivity index (χ0) is 18.6. The fourth-order valence-corrected chi connectivity index (χ4v) is 2.39. The molecule has 2 aromatic carbocycles. The molecule has 0 radical (unpaired) electrons. The van der Waals surface area contributed by atoms with Gasteiger partial charge in [0.15, 0.2) is 11.5 Å². The van der Waals surface area contributed by atoms with Crippen LogP contribution in [0.15, 0.2) is 30.3 Å². The number of benzene rings is 2. The van der Waals surface area contributed by atoms with Gasteiger partial charge in [-0.3, -0.25) is 4.79 Å². The molecule has 1 amide bonds. The Labute approximate surface area is 154 Å². The van der Waals surface area contributed by atoms with Gasteiger partial charge in [-0.1, -0.05) is 23.2 Å². The maximum atomic E-state index is 12.5. The second kappa shape index (κ2) is 8.09. The molecule has 0 aliphatic heterocycles. The summed E-state index contributed by atoms with van der Waals surface area (Å²) in [4.78, 5) is 24.5. The highest BCUT2D eigenvalue weighted by Gasteiger charge is 2.20. The zero-order valence-corrected chi connectivity index (χ0v) is 15.2. The van der Waals surface area contributed by atoms with Crippen LogP contribution in [0.5, 0.6) is 11.5 Å². The maximum Gasteiger partial charge on any atom is 0.340 e. The van der Waals surface area contributed by atoms with Crippen LogP contribution in [0.2, 0.25) is 10.0 Å². The van der Waals surface area contributed by atoms with E-state index >= 15 is 0 Å². The molecule has 0 unspecified atom stereocenters. The van der Waals surface area contributed by atoms with E-state index in [-0.39, 0.29) is 21.8 Å². The van der Waals surface area contributed by atoms with Crippen molar-refractivity contribution >= 4 is 40.8 Å². The molecule has 132 valence electrons. The lowest BCUT2D eigenvalue weighted by Gasteiger charge is -2.14. The molecule has 0 spiro atoms. The van der Waals surface area contributed by atoms with Crippen LogP contribution < -0.4 is 14.8 Å². The quantitative estimate of drug-likeness (QED) is 0.788. The van der Waals surface area contributed by atoms with Gasteiger partial charge >= 0.3 is 5.97 Å². The summed E-state index contributed by atoms with van der Waals surface area (Å²) in [5.41, 5.74) is 0.606. The number of ether oxygens (including phenoxy) is 3. The van der Waals surface area contributed by atoms with Crippen LogP contribution >= 0.6 is 23.2 Å². The minimum absolute atomic E-state index is 0.119. The summed E-state index contributed by atoms with van der Waals surface area (Å²) >= 11 is 11.8. The number of hydrogen-bond acceptors (Lipinski definition) is 5. The van der Waals surface area contributed by atoms with Crippen LogP contribution in [-0.4, -0.2) is 33.2 Å². The average molecular weight is 384 g/mol. The standard InChI is InChI=1S/C17H15Cl2NO5/c1-23-14-7-10(17(22)25-3)13(8-15(14)24-2)20-16(21)9-4-5-11(18)12(19)6-9/h4-8H,1-3H3,(H,20,21). The molecule has 6 nitrogen and oxygen atoms in total. The predicted molar refractivity (Wildman–Crippen MR) is 95.3 cm³/mol. The van der Waals surface area contributed by atoms with Gasteiger partial charge in [0.1, 0.15) is 0 Å². The van der Waals surface area contributed by atoms with E-state index in [2.05, 4.69) is 5.32 Å². The van der Waals surface area contributed by atoms with Crippen LogP contribution in [0, 0.1) is 0 Å². The third-order valence-corrected chi connectivity index (χ3v) is 4.10. The SMILES string of the molecule is COC(=O)c1cc(OC)c(OC)cc1NC(=O)c1ccc(Cl)c(Cl)c1. The van der Waals surface area contributed by atoms with Crippen LogP contribution in [0.1, 0.15) is 20.7 Å². The molecule has 0 fully saturated rings. The molecular weight excluding hydrogens is 369 g/mol. The minimum atomic E-state index is -0.634.